The highest BCUT2D eigenvalue weighted by molar-refractivity contribution is 5.32. The van der Waals surface area contributed by atoms with Crippen molar-refractivity contribution in [2.45, 2.75) is 52.6 Å². The van der Waals surface area contributed by atoms with Crippen LogP contribution in [0.25, 0.3) is 0 Å². The first-order chi connectivity index (χ1) is 7.15. The van der Waals surface area contributed by atoms with Gasteiger partial charge in [-0.15, -0.1) is 0 Å². The molecule has 0 fully saturated rings. The zero-order valence-electron chi connectivity index (χ0n) is 10.1. The van der Waals surface area contributed by atoms with Gasteiger partial charge in [0.15, 0.2) is 0 Å². The van der Waals surface area contributed by atoms with Crippen LogP contribution in [0.2, 0.25) is 0 Å². The monoisotopic (exact) mass is 206 g/mol. The molecule has 0 radical (unpaired) electrons. The van der Waals surface area contributed by atoms with Gasteiger partial charge in [-0.3, -0.25) is 0 Å². The molecular weight excluding hydrogens is 184 g/mol. The summed E-state index contributed by atoms with van der Waals surface area (Å²) in [6, 6.07) is 6.29. The van der Waals surface area contributed by atoms with Gasteiger partial charge in [-0.05, 0) is 31.4 Å². The van der Waals surface area contributed by atoms with Crippen molar-refractivity contribution in [3.05, 3.63) is 34.9 Å². The Morgan fingerprint density at radius 2 is 1.93 bits per heavy atom. The van der Waals surface area contributed by atoms with Gasteiger partial charge in [0.1, 0.15) is 0 Å². The summed E-state index contributed by atoms with van der Waals surface area (Å²) in [5.74, 6) is 0. The molecule has 0 aliphatic rings. The Hall–Kier alpha value is -0.820. The van der Waals surface area contributed by atoms with E-state index >= 15 is 0 Å². The van der Waals surface area contributed by atoms with E-state index in [1.54, 1.807) is 0 Å². The number of aliphatic hydroxyl groups is 1. The molecule has 0 bridgehead atoms. The minimum Gasteiger partial charge on any atom is -0.388 e. The fraction of sp³-hybridized carbons (Fsp3) is 0.571. The molecule has 0 saturated carbocycles. The van der Waals surface area contributed by atoms with Crippen molar-refractivity contribution in [3.63, 3.8) is 0 Å². The predicted molar refractivity (Wildman–Crippen MR) is 65.0 cm³/mol. The van der Waals surface area contributed by atoms with Crippen LogP contribution in [-0.2, 0) is 0 Å². The number of benzene rings is 1. The first-order valence-corrected chi connectivity index (χ1v) is 5.90. The molecule has 1 unspecified atom stereocenters. The van der Waals surface area contributed by atoms with Crippen molar-refractivity contribution >= 4 is 0 Å². The maximum absolute atomic E-state index is 10.1. The topological polar surface area (TPSA) is 20.2 Å². The molecule has 1 aromatic rings. The van der Waals surface area contributed by atoms with Crippen molar-refractivity contribution in [3.8, 4) is 0 Å². The second kappa shape index (κ2) is 5.92. The van der Waals surface area contributed by atoms with E-state index in [-0.39, 0.29) is 6.10 Å². The zero-order valence-corrected chi connectivity index (χ0v) is 10.1. The van der Waals surface area contributed by atoms with Gasteiger partial charge in [0.2, 0.25) is 0 Å². The standard InChI is InChI=1S/C14H22O/c1-4-5-6-7-14(15)13-10-11(2)8-9-12(13)3/h8-10,14-15H,4-7H2,1-3H3. The van der Waals surface area contributed by atoms with Crippen LogP contribution < -0.4 is 0 Å². The highest BCUT2D eigenvalue weighted by Gasteiger charge is 2.09. The lowest BCUT2D eigenvalue weighted by atomic mass is 9.97. The third-order valence-electron chi connectivity index (χ3n) is 2.87. The number of unbranched alkanes of at least 4 members (excludes halogenated alkanes) is 2. The zero-order chi connectivity index (χ0) is 11.3. The summed E-state index contributed by atoms with van der Waals surface area (Å²) >= 11 is 0. The smallest absolute Gasteiger partial charge is 0.0792 e. The number of hydrogen-bond donors (Lipinski definition) is 1. The molecule has 1 aromatic carbocycles. The summed E-state index contributed by atoms with van der Waals surface area (Å²) in [4.78, 5) is 0. The highest BCUT2D eigenvalue weighted by atomic mass is 16.3. The molecule has 1 N–H and O–H groups in total. The average molecular weight is 206 g/mol. The van der Waals surface area contributed by atoms with E-state index < -0.39 is 0 Å². The molecule has 1 nitrogen and oxygen atoms in total. The number of hydrogen-bond acceptors (Lipinski definition) is 1. The maximum Gasteiger partial charge on any atom is 0.0792 e. The van der Waals surface area contributed by atoms with Crippen LogP contribution >= 0.6 is 0 Å². The third kappa shape index (κ3) is 3.67. The minimum absolute atomic E-state index is 0.281. The molecule has 0 spiro atoms. The first kappa shape index (κ1) is 12.3. The van der Waals surface area contributed by atoms with Gasteiger partial charge < -0.3 is 5.11 Å². The second-order valence-corrected chi connectivity index (χ2v) is 4.37. The van der Waals surface area contributed by atoms with Gasteiger partial charge in [0.25, 0.3) is 0 Å². The molecule has 84 valence electrons. The van der Waals surface area contributed by atoms with Crippen molar-refractivity contribution in [1.29, 1.82) is 0 Å². The van der Waals surface area contributed by atoms with Crippen LogP contribution in [0.1, 0.15) is 55.4 Å². The molecule has 1 rings (SSSR count). The van der Waals surface area contributed by atoms with Crippen LogP contribution in [0.3, 0.4) is 0 Å². The third-order valence-corrected chi connectivity index (χ3v) is 2.87. The van der Waals surface area contributed by atoms with Crippen molar-refractivity contribution < 1.29 is 5.11 Å². The summed E-state index contributed by atoms with van der Waals surface area (Å²) in [6.07, 6.45) is 4.14. The SMILES string of the molecule is CCCCCC(O)c1cc(C)ccc1C. The van der Waals surface area contributed by atoms with Gasteiger partial charge in [-0.1, -0.05) is 49.9 Å². The summed E-state index contributed by atoms with van der Waals surface area (Å²) in [5.41, 5.74) is 3.53. The summed E-state index contributed by atoms with van der Waals surface area (Å²) in [6.45, 7) is 6.32. The highest BCUT2D eigenvalue weighted by Crippen LogP contribution is 2.23. The van der Waals surface area contributed by atoms with E-state index in [9.17, 15) is 5.11 Å². The van der Waals surface area contributed by atoms with Gasteiger partial charge in [0.05, 0.1) is 6.10 Å². The van der Waals surface area contributed by atoms with Gasteiger partial charge >= 0.3 is 0 Å². The molecule has 0 aliphatic carbocycles. The summed E-state index contributed by atoms with van der Waals surface area (Å²) in [5, 5.41) is 10.1. The average Bonchev–Trinajstić information content (AvgIpc) is 2.22. The lowest BCUT2D eigenvalue weighted by Crippen LogP contribution is -2.00. The van der Waals surface area contributed by atoms with Crippen LogP contribution in [0, 0.1) is 13.8 Å². The molecule has 0 aromatic heterocycles. The molecule has 1 atom stereocenters. The quantitative estimate of drug-likeness (QED) is 0.724. The maximum atomic E-state index is 10.1. The van der Waals surface area contributed by atoms with E-state index in [1.165, 1.54) is 24.0 Å². The van der Waals surface area contributed by atoms with Crippen LogP contribution in [0.4, 0.5) is 0 Å². The normalized spacial score (nSPS) is 12.8. The lowest BCUT2D eigenvalue weighted by molar-refractivity contribution is 0.163. The van der Waals surface area contributed by atoms with Gasteiger partial charge in [-0.2, -0.15) is 0 Å². The van der Waals surface area contributed by atoms with Crippen LogP contribution in [0.15, 0.2) is 18.2 Å². The molecule has 0 saturated heterocycles. The Kier molecular flexibility index (Phi) is 4.83. The molecule has 0 amide bonds. The molecule has 0 aliphatic heterocycles. The minimum atomic E-state index is -0.281. The first-order valence-electron chi connectivity index (χ1n) is 5.90. The predicted octanol–water partition coefficient (Wildman–Crippen LogP) is 3.92. The fourth-order valence-corrected chi connectivity index (χ4v) is 1.86. The van der Waals surface area contributed by atoms with E-state index in [2.05, 4.69) is 39.0 Å². The Bertz CT molecular complexity index is 304. The summed E-state index contributed by atoms with van der Waals surface area (Å²) in [7, 11) is 0. The fourth-order valence-electron chi connectivity index (χ4n) is 1.86. The largest absolute Gasteiger partial charge is 0.388 e. The van der Waals surface area contributed by atoms with Gasteiger partial charge in [0, 0.05) is 0 Å². The van der Waals surface area contributed by atoms with Crippen molar-refractivity contribution in [1.82, 2.24) is 0 Å². The van der Waals surface area contributed by atoms with Crippen LogP contribution in [-0.4, -0.2) is 5.11 Å². The van der Waals surface area contributed by atoms with E-state index in [1.807, 2.05) is 0 Å². The Labute approximate surface area is 93.1 Å². The second-order valence-electron chi connectivity index (χ2n) is 4.37. The lowest BCUT2D eigenvalue weighted by Gasteiger charge is -2.14. The molecule has 15 heavy (non-hydrogen) atoms. The van der Waals surface area contributed by atoms with E-state index in [0.717, 1.165) is 18.4 Å². The van der Waals surface area contributed by atoms with Crippen molar-refractivity contribution in [2.24, 2.45) is 0 Å². The van der Waals surface area contributed by atoms with Crippen LogP contribution in [0.5, 0.6) is 0 Å². The Morgan fingerprint density at radius 3 is 2.60 bits per heavy atom. The number of aliphatic hydroxyl groups excluding tert-OH is 1. The molecular formula is C14H22O. The Morgan fingerprint density at radius 1 is 1.20 bits per heavy atom. The molecule has 0 heterocycles. The van der Waals surface area contributed by atoms with Crippen molar-refractivity contribution in [2.75, 3.05) is 0 Å². The summed E-state index contributed by atoms with van der Waals surface area (Å²) < 4.78 is 0. The van der Waals surface area contributed by atoms with Gasteiger partial charge in [-0.25, -0.2) is 0 Å². The van der Waals surface area contributed by atoms with E-state index in [0.29, 0.717) is 0 Å². The Balaban J connectivity index is 2.64. The van der Waals surface area contributed by atoms with E-state index in [4.69, 9.17) is 0 Å². The number of aryl methyl sites for hydroxylation is 2. The molecule has 1 heteroatoms. The number of rotatable bonds is 5.